The summed E-state index contributed by atoms with van der Waals surface area (Å²) in [7, 11) is 0. The quantitative estimate of drug-likeness (QED) is 0.289. The number of carbonyl (C=O) groups is 2. The maximum Gasteiger partial charge on any atom is 0.380 e. The number of ether oxygens (including phenoxy) is 1. The Morgan fingerprint density at radius 2 is 1.94 bits per heavy atom. The monoisotopic (exact) mass is 440 g/mol. The average Bonchev–Trinajstić information content (AvgIpc) is 3.20. The normalized spacial score (nSPS) is 14.2. The fourth-order valence-electron chi connectivity index (χ4n) is 3.96. The van der Waals surface area contributed by atoms with Crippen molar-refractivity contribution in [3.8, 4) is 5.75 Å². The molecule has 1 aliphatic carbocycles. The molecule has 0 radical (unpaired) electrons. The second-order valence-corrected chi connectivity index (χ2v) is 7.67. The largest absolute Gasteiger partial charge is 0.453 e. The van der Waals surface area contributed by atoms with Crippen LogP contribution in [0, 0.1) is 6.92 Å². The molecular weight excluding hydrogens is 420 g/mol. The van der Waals surface area contributed by atoms with Crippen LogP contribution in [0.5, 0.6) is 5.75 Å². The van der Waals surface area contributed by atoms with Gasteiger partial charge in [-0.25, -0.2) is 10.2 Å². The van der Waals surface area contributed by atoms with Crippen LogP contribution in [0.15, 0.2) is 70.6 Å². The maximum absolute atomic E-state index is 13.0. The average molecular weight is 440 g/mol. The Kier molecular flexibility index (Phi) is 5.40. The molecule has 0 spiro atoms. The van der Waals surface area contributed by atoms with Gasteiger partial charge in [0.1, 0.15) is 11.3 Å². The number of nitrogens with one attached hydrogen (secondary N) is 1. The molecule has 0 atom stereocenters. The molecule has 5 rings (SSSR count). The van der Waals surface area contributed by atoms with E-state index in [-0.39, 0.29) is 11.7 Å². The molecule has 0 saturated carbocycles. The first kappa shape index (κ1) is 20.6. The number of hydrazone groups is 1. The highest BCUT2D eigenvalue weighted by atomic mass is 16.5. The van der Waals surface area contributed by atoms with Crippen molar-refractivity contribution in [1.29, 1.82) is 0 Å². The zero-order valence-corrected chi connectivity index (χ0v) is 17.9. The number of benzene rings is 1. The van der Waals surface area contributed by atoms with E-state index in [0.29, 0.717) is 46.7 Å². The van der Waals surface area contributed by atoms with E-state index in [1.165, 1.54) is 6.20 Å². The van der Waals surface area contributed by atoms with E-state index in [2.05, 4.69) is 20.5 Å². The highest BCUT2D eigenvalue weighted by Crippen LogP contribution is 2.31. The summed E-state index contributed by atoms with van der Waals surface area (Å²) >= 11 is 0. The van der Waals surface area contributed by atoms with Crippen molar-refractivity contribution in [1.82, 2.24) is 15.4 Å². The second kappa shape index (κ2) is 8.66. The van der Waals surface area contributed by atoms with Crippen LogP contribution >= 0.6 is 0 Å². The van der Waals surface area contributed by atoms with E-state index in [9.17, 15) is 9.59 Å². The first-order valence-electron chi connectivity index (χ1n) is 10.6. The number of aromatic nitrogens is 2. The third kappa shape index (κ3) is 3.98. The number of hydrogen-bond donors (Lipinski definition) is 1. The predicted octanol–water partition coefficient (Wildman–Crippen LogP) is 4.22. The molecule has 0 bridgehead atoms. The minimum atomic E-state index is -0.598. The Balaban J connectivity index is 1.41. The summed E-state index contributed by atoms with van der Waals surface area (Å²) in [5.41, 5.74) is 5.64. The van der Waals surface area contributed by atoms with Crippen LogP contribution in [0.1, 0.15) is 50.6 Å². The number of carbonyl (C=O) groups excluding carboxylic acids is 2. The van der Waals surface area contributed by atoms with Gasteiger partial charge < -0.3 is 9.15 Å². The topological polar surface area (TPSA) is 107 Å². The number of para-hydroxylation sites is 1. The van der Waals surface area contributed by atoms with Crippen LogP contribution in [0.25, 0.3) is 10.9 Å². The van der Waals surface area contributed by atoms with Crippen molar-refractivity contribution in [3.05, 3.63) is 89.3 Å². The highest BCUT2D eigenvalue weighted by molar-refractivity contribution is 6.07. The lowest BCUT2D eigenvalue weighted by Crippen LogP contribution is -2.22. The Labute approximate surface area is 189 Å². The molecule has 3 heterocycles. The van der Waals surface area contributed by atoms with Crippen molar-refractivity contribution in [2.45, 2.75) is 26.2 Å². The number of aryl methyl sites for hydroxylation is 1. The Hall–Kier alpha value is -4.33. The van der Waals surface area contributed by atoms with Crippen LogP contribution < -0.4 is 10.2 Å². The summed E-state index contributed by atoms with van der Waals surface area (Å²) in [6.45, 7) is 1.80. The van der Waals surface area contributed by atoms with Crippen molar-refractivity contribution < 1.29 is 18.7 Å². The van der Waals surface area contributed by atoms with Gasteiger partial charge in [-0.3, -0.25) is 14.8 Å². The number of rotatable bonds is 4. The molecule has 4 aromatic rings. The summed E-state index contributed by atoms with van der Waals surface area (Å²) in [4.78, 5) is 33.6. The standard InChI is InChI=1S/C25H20N4O4/c1-15-21-18(28-29-24(30)17-8-4-12-26-14-17)9-3-10-19(21)32-23(15)25(31)33-20-11-2-6-16-7-5-13-27-22(16)20/h2,4-8,11-14H,3,9-10H2,1H3,(H,29,30)/b28-18+. The molecule has 0 unspecified atom stereocenters. The van der Waals surface area contributed by atoms with Crippen LogP contribution in [0.3, 0.4) is 0 Å². The summed E-state index contributed by atoms with van der Waals surface area (Å²) in [6.07, 6.45) is 6.85. The van der Waals surface area contributed by atoms with Gasteiger partial charge in [0.15, 0.2) is 5.75 Å². The van der Waals surface area contributed by atoms with Gasteiger partial charge in [0.2, 0.25) is 5.76 Å². The van der Waals surface area contributed by atoms with Crippen molar-refractivity contribution in [3.63, 3.8) is 0 Å². The molecule has 8 nitrogen and oxygen atoms in total. The van der Waals surface area contributed by atoms with Gasteiger partial charge in [0.05, 0.1) is 11.3 Å². The fourth-order valence-corrected chi connectivity index (χ4v) is 3.96. The number of esters is 1. The third-order valence-electron chi connectivity index (χ3n) is 5.53. The lowest BCUT2D eigenvalue weighted by Gasteiger charge is -2.13. The molecule has 164 valence electrons. The van der Waals surface area contributed by atoms with E-state index in [4.69, 9.17) is 9.15 Å². The number of nitrogens with zero attached hydrogens (tertiary/aromatic N) is 3. The second-order valence-electron chi connectivity index (χ2n) is 7.67. The molecule has 1 aliphatic rings. The molecule has 0 saturated heterocycles. The van der Waals surface area contributed by atoms with Crippen molar-refractivity contribution in [2.75, 3.05) is 0 Å². The Morgan fingerprint density at radius 3 is 2.79 bits per heavy atom. The molecule has 33 heavy (non-hydrogen) atoms. The molecule has 1 amide bonds. The number of amides is 1. The Morgan fingerprint density at radius 1 is 1.09 bits per heavy atom. The van der Waals surface area contributed by atoms with Crippen molar-refractivity contribution in [2.24, 2.45) is 5.10 Å². The van der Waals surface area contributed by atoms with Crippen LogP contribution in [0.4, 0.5) is 0 Å². The van der Waals surface area contributed by atoms with Gasteiger partial charge in [0, 0.05) is 41.5 Å². The molecular formula is C25H20N4O4. The van der Waals surface area contributed by atoms with Crippen LogP contribution in [0.2, 0.25) is 0 Å². The molecule has 0 aliphatic heterocycles. The summed E-state index contributed by atoms with van der Waals surface area (Å²) < 4.78 is 11.6. The number of furan rings is 1. The first-order chi connectivity index (χ1) is 16.1. The SMILES string of the molecule is Cc1c(C(=O)Oc2cccc3cccnc23)oc2c1/C(=N/NC(=O)c1cccnc1)CCC2. The summed E-state index contributed by atoms with van der Waals surface area (Å²) in [5.74, 6) is 0.201. The zero-order valence-electron chi connectivity index (χ0n) is 17.9. The van der Waals surface area contributed by atoms with Crippen molar-refractivity contribution >= 4 is 28.5 Å². The predicted molar refractivity (Wildman–Crippen MR) is 121 cm³/mol. The van der Waals surface area contributed by atoms with Gasteiger partial charge in [-0.05, 0) is 44.0 Å². The molecule has 3 aromatic heterocycles. The number of fused-ring (bicyclic) bond motifs is 2. The number of hydrogen-bond acceptors (Lipinski definition) is 7. The lowest BCUT2D eigenvalue weighted by atomic mass is 9.93. The first-order valence-corrected chi connectivity index (χ1v) is 10.6. The molecule has 8 heteroatoms. The van der Waals surface area contributed by atoms with E-state index in [0.717, 1.165) is 17.4 Å². The van der Waals surface area contributed by atoms with Gasteiger partial charge in [-0.2, -0.15) is 5.10 Å². The molecule has 0 fully saturated rings. The van der Waals surface area contributed by atoms with E-state index in [1.54, 1.807) is 37.5 Å². The number of pyridine rings is 2. The van der Waals surface area contributed by atoms with Crippen LogP contribution in [-0.4, -0.2) is 27.6 Å². The van der Waals surface area contributed by atoms with Gasteiger partial charge >= 0.3 is 5.97 Å². The van der Waals surface area contributed by atoms with Gasteiger partial charge in [0.25, 0.3) is 5.91 Å². The Bertz CT molecular complexity index is 1390. The summed E-state index contributed by atoms with van der Waals surface area (Å²) in [6, 6.07) is 12.5. The maximum atomic E-state index is 13.0. The van der Waals surface area contributed by atoms with E-state index in [1.807, 2.05) is 24.3 Å². The third-order valence-corrected chi connectivity index (χ3v) is 5.53. The lowest BCUT2D eigenvalue weighted by molar-refractivity contribution is 0.0700. The smallest absolute Gasteiger partial charge is 0.380 e. The van der Waals surface area contributed by atoms with Gasteiger partial charge in [-0.1, -0.05) is 18.2 Å². The van der Waals surface area contributed by atoms with Crippen LogP contribution in [-0.2, 0) is 6.42 Å². The summed E-state index contributed by atoms with van der Waals surface area (Å²) in [5, 5.41) is 5.20. The fraction of sp³-hybridized carbons (Fsp3) is 0.160. The van der Waals surface area contributed by atoms with Gasteiger partial charge in [-0.15, -0.1) is 0 Å². The molecule has 1 N–H and O–H groups in total. The minimum absolute atomic E-state index is 0.126. The van der Waals surface area contributed by atoms with E-state index >= 15 is 0 Å². The highest BCUT2D eigenvalue weighted by Gasteiger charge is 2.29. The molecule has 1 aromatic carbocycles. The zero-order chi connectivity index (χ0) is 22.8. The minimum Gasteiger partial charge on any atom is -0.453 e. The van der Waals surface area contributed by atoms with E-state index < -0.39 is 5.97 Å².